The van der Waals surface area contributed by atoms with Gasteiger partial charge in [0.2, 0.25) is 0 Å². The number of aryl methyl sites for hydroxylation is 1. The molecule has 1 aromatic carbocycles. The highest BCUT2D eigenvalue weighted by Gasteiger charge is 2.29. The Labute approximate surface area is 198 Å². The molecule has 8 heteroatoms. The lowest BCUT2D eigenvalue weighted by Gasteiger charge is -2.29. The monoisotopic (exact) mass is 453 g/mol. The second kappa shape index (κ2) is 7.90. The average Bonchev–Trinajstić information content (AvgIpc) is 3.35. The van der Waals surface area contributed by atoms with Crippen LogP contribution >= 0.6 is 0 Å². The Balaban J connectivity index is 1.34. The van der Waals surface area contributed by atoms with Crippen molar-refractivity contribution in [3.8, 4) is 17.2 Å². The molecule has 0 unspecified atom stereocenters. The summed E-state index contributed by atoms with van der Waals surface area (Å²) < 4.78 is 4.03. The summed E-state index contributed by atoms with van der Waals surface area (Å²) >= 11 is 0. The van der Waals surface area contributed by atoms with E-state index < -0.39 is 0 Å². The van der Waals surface area contributed by atoms with Gasteiger partial charge in [-0.1, -0.05) is 12.1 Å². The number of hydrogen-bond donors (Lipinski definition) is 0. The molecule has 1 saturated carbocycles. The van der Waals surface area contributed by atoms with Crippen molar-refractivity contribution >= 4 is 11.7 Å². The number of benzene rings is 1. The molecule has 0 spiro atoms. The molecule has 3 aromatic heterocycles. The van der Waals surface area contributed by atoms with E-state index in [0.717, 1.165) is 34.5 Å². The molecule has 0 N–H and O–H groups in total. The summed E-state index contributed by atoms with van der Waals surface area (Å²) in [5, 5.41) is 8.32. The lowest BCUT2D eigenvalue weighted by atomic mass is 9.95. The molecule has 6 rings (SSSR count). The first-order valence-electron chi connectivity index (χ1n) is 11.9. The molecule has 1 aliphatic heterocycles. The molecular formula is C26H27N7O. The molecular weight excluding hydrogens is 426 g/mol. The van der Waals surface area contributed by atoms with Crippen molar-refractivity contribution in [2.45, 2.75) is 52.0 Å². The van der Waals surface area contributed by atoms with Gasteiger partial charge >= 0.3 is 0 Å². The van der Waals surface area contributed by atoms with Crippen molar-refractivity contribution in [2.24, 2.45) is 0 Å². The van der Waals surface area contributed by atoms with Gasteiger partial charge in [0, 0.05) is 30.3 Å². The van der Waals surface area contributed by atoms with Crippen molar-refractivity contribution in [1.82, 2.24) is 29.3 Å². The quantitative estimate of drug-likeness (QED) is 0.445. The summed E-state index contributed by atoms with van der Waals surface area (Å²) in [5.41, 5.74) is 5.80. The fourth-order valence-electron chi connectivity index (χ4n) is 4.70. The zero-order valence-electron chi connectivity index (χ0n) is 19.6. The highest BCUT2D eigenvalue weighted by molar-refractivity contribution is 6.08. The number of amides is 1. The Kier molecular flexibility index (Phi) is 4.83. The van der Waals surface area contributed by atoms with Crippen LogP contribution in [0.5, 0.6) is 0 Å². The van der Waals surface area contributed by atoms with Crippen molar-refractivity contribution in [2.75, 3.05) is 11.4 Å². The van der Waals surface area contributed by atoms with Crippen LogP contribution in [-0.2, 0) is 6.42 Å². The minimum absolute atomic E-state index is 0.0278. The van der Waals surface area contributed by atoms with Crippen LogP contribution in [0.3, 0.4) is 0 Å². The fraction of sp³-hybridized carbons (Fsp3) is 0.346. The summed E-state index contributed by atoms with van der Waals surface area (Å²) in [6.07, 6.45) is 8.90. The van der Waals surface area contributed by atoms with Gasteiger partial charge in [-0.2, -0.15) is 0 Å². The Morgan fingerprint density at radius 1 is 1.12 bits per heavy atom. The van der Waals surface area contributed by atoms with E-state index in [1.54, 1.807) is 11.2 Å². The number of rotatable bonds is 5. The molecule has 34 heavy (non-hydrogen) atoms. The summed E-state index contributed by atoms with van der Waals surface area (Å²) in [6.45, 7) is 6.85. The first-order chi connectivity index (χ1) is 16.5. The van der Waals surface area contributed by atoms with Gasteiger partial charge in [0.25, 0.3) is 5.91 Å². The van der Waals surface area contributed by atoms with Crippen molar-refractivity contribution in [3.05, 3.63) is 71.6 Å². The molecule has 172 valence electrons. The maximum Gasteiger partial charge on any atom is 0.259 e. The van der Waals surface area contributed by atoms with Gasteiger partial charge in [-0.15, -0.1) is 10.2 Å². The summed E-state index contributed by atoms with van der Waals surface area (Å²) in [4.78, 5) is 24.8. The van der Waals surface area contributed by atoms with Gasteiger partial charge in [0.1, 0.15) is 17.8 Å². The van der Waals surface area contributed by atoms with Crippen LogP contribution < -0.4 is 4.90 Å². The van der Waals surface area contributed by atoms with Crippen molar-refractivity contribution in [3.63, 3.8) is 0 Å². The number of aromatic nitrogens is 6. The molecule has 0 atom stereocenters. The van der Waals surface area contributed by atoms with Gasteiger partial charge in [-0.25, -0.2) is 9.97 Å². The van der Waals surface area contributed by atoms with Gasteiger partial charge < -0.3 is 9.13 Å². The Morgan fingerprint density at radius 3 is 2.76 bits per heavy atom. The van der Waals surface area contributed by atoms with Gasteiger partial charge in [-0.3, -0.25) is 9.69 Å². The molecule has 4 heterocycles. The predicted molar refractivity (Wildman–Crippen MR) is 129 cm³/mol. The lowest BCUT2D eigenvalue weighted by Crippen LogP contribution is -2.38. The Bertz CT molecular complexity index is 1400. The van der Waals surface area contributed by atoms with Crippen LogP contribution in [0, 0.1) is 6.92 Å². The van der Waals surface area contributed by atoms with E-state index in [4.69, 9.17) is 4.98 Å². The van der Waals surface area contributed by atoms with Crippen LogP contribution in [0.1, 0.15) is 65.8 Å². The number of carbonyl (C=O) groups is 1. The van der Waals surface area contributed by atoms with E-state index in [-0.39, 0.29) is 11.9 Å². The van der Waals surface area contributed by atoms with E-state index in [0.29, 0.717) is 29.8 Å². The SMILES string of the molecule is Cc1cc2c(cc1-n1cnc(C3CC3)c1)C(=O)N(c1cccc(-c3nncn3C(C)C)n1)CC2. The molecule has 0 bridgehead atoms. The third kappa shape index (κ3) is 3.50. The number of fused-ring (bicyclic) bond motifs is 1. The number of imidazole rings is 1. The number of pyridine rings is 1. The first kappa shape index (κ1) is 20.8. The van der Waals surface area contributed by atoms with Gasteiger partial charge in [-0.05, 0) is 69.4 Å². The molecule has 8 nitrogen and oxygen atoms in total. The smallest absolute Gasteiger partial charge is 0.259 e. The van der Waals surface area contributed by atoms with Crippen LogP contribution in [0.25, 0.3) is 17.2 Å². The van der Waals surface area contributed by atoms with Gasteiger partial charge in [0.05, 0.1) is 17.7 Å². The molecule has 0 saturated heterocycles. The van der Waals surface area contributed by atoms with E-state index in [1.807, 2.05) is 39.7 Å². The second-order valence-electron chi connectivity index (χ2n) is 9.52. The van der Waals surface area contributed by atoms with Crippen LogP contribution in [0.2, 0.25) is 0 Å². The number of nitrogens with zero attached hydrogens (tertiary/aromatic N) is 7. The average molecular weight is 454 g/mol. The standard InChI is InChI=1S/C26H27N7O/c1-16(2)33-15-28-30-25(33)21-5-4-6-24(29-21)32-10-9-19-11-17(3)23(12-20(19)26(32)34)31-13-22(27-14-31)18-7-8-18/h4-6,11-16,18H,7-10H2,1-3H3. The van der Waals surface area contributed by atoms with Crippen molar-refractivity contribution in [1.29, 1.82) is 0 Å². The van der Waals surface area contributed by atoms with Gasteiger partial charge in [0.15, 0.2) is 5.82 Å². The second-order valence-corrected chi connectivity index (χ2v) is 9.52. The maximum absolute atomic E-state index is 13.6. The summed E-state index contributed by atoms with van der Waals surface area (Å²) in [7, 11) is 0. The third-order valence-electron chi connectivity index (χ3n) is 6.75. The normalized spacial score (nSPS) is 15.8. The maximum atomic E-state index is 13.6. The van der Waals surface area contributed by atoms with Crippen LogP contribution in [0.4, 0.5) is 5.82 Å². The number of hydrogen-bond acceptors (Lipinski definition) is 5. The zero-order valence-corrected chi connectivity index (χ0v) is 19.6. The topological polar surface area (TPSA) is 81.7 Å². The van der Waals surface area contributed by atoms with Crippen LogP contribution in [0.15, 0.2) is 49.2 Å². The van der Waals surface area contributed by atoms with E-state index in [9.17, 15) is 4.79 Å². The Hall–Kier alpha value is -3.81. The fourth-order valence-corrected chi connectivity index (χ4v) is 4.70. The summed E-state index contributed by atoms with van der Waals surface area (Å²) in [6, 6.07) is 10.1. The third-order valence-corrected chi connectivity index (χ3v) is 6.75. The van der Waals surface area contributed by atoms with Crippen LogP contribution in [-0.4, -0.2) is 41.8 Å². The molecule has 1 amide bonds. The zero-order chi connectivity index (χ0) is 23.4. The van der Waals surface area contributed by atoms with E-state index in [2.05, 4.69) is 48.2 Å². The highest BCUT2D eigenvalue weighted by Crippen LogP contribution is 2.39. The predicted octanol–water partition coefficient (Wildman–Crippen LogP) is 4.50. The largest absolute Gasteiger partial charge is 0.310 e. The van der Waals surface area contributed by atoms with Crippen molar-refractivity contribution < 1.29 is 4.79 Å². The van der Waals surface area contributed by atoms with E-state index in [1.165, 1.54) is 12.8 Å². The highest BCUT2D eigenvalue weighted by atomic mass is 16.2. The molecule has 2 aliphatic rings. The molecule has 1 aliphatic carbocycles. The number of carbonyl (C=O) groups excluding carboxylic acids is 1. The molecule has 1 fully saturated rings. The van der Waals surface area contributed by atoms with E-state index >= 15 is 0 Å². The molecule has 4 aromatic rings. The number of anilines is 1. The lowest BCUT2D eigenvalue weighted by molar-refractivity contribution is 0.0980. The minimum atomic E-state index is -0.0278. The molecule has 0 radical (unpaired) electrons. The minimum Gasteiger partial charge on any atom is -0.310 e. The first-order valence-corrected chi connectivity index (χ1v) is 11.9. The summed E-state index contributed by atoms with van der Waals surface area (Å²) in [5.74, 6) is 1.90. The Morgan fingerprint density at radius 2 is 1.97 bits per heavy atom.